The summed E-state index contributed by atoms with van der Waals surface area (Å²) in [4.78, 5) is 2.16. The molecule has 0 spiro atoms. The maximum absolute atomic E-state index is 13.4. The lowest BCUT2D eigenvalue weighted by molar-refractivity contribution is 0.169. The summed E-state index contributed by atoms with van der Waals surface area (Å²) in [6.45, 7) is 7.75. The molecule has 0 aromatic heterocycles. The van der Waals surface area contributed by atoms with E-state index >= 15 is 0 Å². The molecular weight excluding hydrogens is 243 g/mol. The largest absolute Gasteiger partial charge is 0.394 e. The van der Waals surface area contributed by atoms with Gasteiger partial charge >= 0.3 is 0 Å². The minimum absolute atomic E-state index is 0.0618. The van der Waals surface area contributed by atoms with E-state index in [4.69, 9.17) is 0 Å². The fourth-order valence-corrected chi connectivity index (χ4v) is 2.84. The Labute approximate surface area is 114 Å². The highest BCUT2D eigenvalue weighted by Crippen LogP contribution is 2.29. The van der Waals surface area contributed by atoms with Gasteiger partial charge in [0, 0.05) is 24.8 Å². The van der Waals surface area contributed by atoms with Crippen LogP contribution in [0.2, 0.25) is 0 Å². The first-order valence-electron chi connectivity index (χ1n) is 6.85. The first-order valence-corrected chi connectivity index (χ1v) is 6.85. The number of benzene rings is 1. The Hall–Kier alpha value is -1.13. The average molecular weight is 266 g/mol. The van der Waals surface area contributed by atoms with Gasteiger partial charge in [0.05, 0.1) is 12.1 Å². The Balaban J connectivity index is 2.15. The zero-order chi connectivity index (χ0) is 14.0. The molecule has 0 saturated carbocycles. The van der Waals surface area contributed by atoms with Crippen LogP contribution in [0, 0.1) is 5.82 Å². The van der Waals surface area contributed by atoms with E-state index in [1.807, 2.05) is 13.0 Å². The maximum atomic E-state index is 13.4. The van der Waals surface area contributed by atoms with Gasteiger partial charge in [-0.3, -0.25) is 0 Å². The first-order chi connectivity index (χ1) is 8.93. The third-order valence-corrected chi connectivity index (χ3v) is 3.57. The molecule has 0 amide bonds. The molecule has 3 nitrogen and oxygen atoms in total. The van der Waals surface area contributed by atoms with E-state index in [-0.39, 0.29) is 18.0 Å². The molecule has 1 aromatic carbocycles. The monoisotopic (exact) mass is 266 g/mol. The van der Waals surface area contributed by atoms with Crippen LogP contribution >= 0.6 is 0 Å². The summed E-state index contributed by atoms with van der Waals surface area (Å²) < 4.78 is 13.4. The van der Waals surface area contributed by atoms with Gasteiger partial charge in [-0.15, -0.1) is 0 Å². The van der Waals surface area contributed by atoms with Crippen molar-refractivity contribution in [2.24, 2.45) is 0 Å². The van der Waals surface area contributed by atoms with Gasteiger partial charge in [0.1, 0.15) is 5.82 Å². The molecule has 106 valence electrons. The molecule has 0 fully saturated rings. The quantitative estimate of drug-likeness (QED) is 0.855. The van der Waals surface area contributed by atoms with Crippen molar-refractivity contribution >= 4 is 5.69 Å². The Morgan fingerprint density at radius 3 is 2.84 bits per heavy atom. The van der Waals surface area contributed by atoms with E-state index in [0.29, 0.717) is 12.6 Å². The molecule has 0 saturated heterocycles. The van der Waals surface area contributed by atoms with Crippen LogP contribution in [-0.4, -0.2) is 36.4 Å². The van der Waals surface area contributed by atoms with Crippen LogP contribution in [0.4, 0.5) is 10.1 Å². The Morgan fingerprint density at radius 2 is 2.21 bits per heavy atom. The fraction of sp³-hybridized carbons (Fsp3) is 0.600. The number of hydrogen-bond donors (Lipinski definition) is 2. The van der Waals surface area contributed by atoms with E-state index in [2.05, 4.69) is 24.1 Å². The maximum Gasteiger partial charge on any atom is 0.125 e. The molecular formula is C15H23FN2O. The minimum atomic E-state index is -0.373. The summed E-state index contributed by atoms with van der Waals surface area (Å²) in [7, 11) is 0. The standard InChI is InChI=1S/C15H23FN2O/c1-11(2)17-15(3,10-19)9-18-7-6-12-4-5-13(16)8-14(12)18/h4-5,8,11,17,19H,6-7,9-10H2,1-3H3. The number of hydrogen-bond acceptors (Lipinski definition) is 3. The molecule has 0 aliphatic carbocycles. The smallest absolute Gasteiger partial charge is 0.125 e. The minimum Gasteiger partial charge on any atom is -0.394 e. The third-order valence-electron chi connectivity index (χ3n) is 3.57. The molecule has 1 heterocycles. The van der Waals surface area contributed by atoms with Crippen LogP contribution in [0.3, 0.4) is 0 Å². The van der Waals surface area contributed by atoms with E-state index in [1.165, 1.54) is 11.6 Å². The van der Waals surface area contributed by atoms with Crippen LogP contribution in [0.1, 0.15) is 26.3 Å². The van der Waals surface area contributed by atoms with Crippen molar-refractivity contribution in [1.82, 2.24) is 5.32 Å². The number of halogens is 1. The van der Waals surface area contributed by atoms with E-state index in [9.17, 15) is 9.50 Å². The second-order valence-electron chi connectivity index (χ2n) is 5.96. The number of anilines is 1. The molecule has 1 aromatic rings. The van der Waals surface area contributed by atoms with Crippen molar-refractivity contribution in [2.45, 2.75) is 38.8 Å². The zero-order valence-electron chi connectivity index (χ0n) is 11.9. The van der Waals surface area contributed by atoms with Gasteiger partial charge in [0.2, 0.25) is 0 Å². The number of nitrogens with zero attached hydrogens (tertiary/aromatic N) is 1. The van der Waals surface area contributed by atoms with Crippen LogP contribution < -0.4 is 10.2 Å². The molecule has 0 radical (unpaired) electrons. The molecule has 0 bridgehead atoms. The molecule has 1 aliphatic heterocycles. The van der Waals surface area contributed by atoms with Crippen molar-refractivity contribution in [3.05, 3.63) is 29.6 Å². The van der Waals surface area contributed by atoms with Crippen molar-refractivity contribution in [3.8, 4) is 0 Å². The average Bonchev–Trinajstić information content (AvgIpc) is 2.71. The van der Waals surface area contributed by atoms with Crippen molar-refractivity contribution in [3.63, 3.8) is 0 Å². The molecule has 2 rings (SSSR count). The molecule has 4 heteroatoms. The number of nitrogens with one attached hydrogen (secondary N) is 1. The van der Waals surface area contributed by atoms with Crippen molar-refractivity contribution in [1.29, 1.82) is 0 Å². The highest BCUT2D eigenvalue weighted by molar-refractivity contribution is 5.58. The topological polar surface area (TPSA) is 35.5 Å². The fourth-order valence-electron chi connectivity index (χ4n) is 2.84. The molecule has 1 aliphatic rings. The van der Waals surface area contributed by atoms with Gasteiger partial charge in [-0.05, 0) is 31.0 Å². The summed E-state index contributed by atoms with van der Waals surface area (Å²) in [5.41, 5.74) is 1.78. The predicted octanol–water partition coefficient (Wildman–Crippen LogP) is 1.94. The Morgan fingerprint density at radius 1 is 1.47 bits per heavy atom. The number of aliphatic hydroxyl groups is 1. The van der Waals surface area contributed by atoms with E-state index in [0.717, 1.165) is 18.7 Å². The van der Waals surface area contributed by atoms with Crippen LogP contribution in [0.15, 0.2) is 18.2 Å². The summed E-state index contributed by atoms with van der Waals surface area (Å²) in [6, 6.07) is 5.26. The lowest BCUT2D eigenvalue weighted by Gasteiger charge is -2.36. The molecule has 19 heavy (non-hydrogen) atoms. The number of rotatable bonds is 5. The van der Waals surface area contributed by atoms with Gasteiger partial charge in [-0.25, -0.2) is 4.39 Å². The lowest BCUT2D eigenvalue weighted by Crippen LogP contribution is -2.56. The number of fused-ring (bicyclic) bond motifs is 1. The molecule has 2 N–H and O–H groups in total. The van der Waals surface area contributed by atoms with Crippen molar-refractivity contribution in [2.75, 3.05) is 24.6 Å². The number of aliphatic hydroxyl groups excluding tert-OH is 1. The van der Waals surface area contributed by atoms with Gasteiger partial charge in [-0.1, -0.05) is 19.9 Å². The zero-order valence-corrected chi connectivity index (χ0v) is 11.9. The van der Waals surface area contributed by atoms with Gasteiger partial charge in [-0.2, -0.15) is 0 Å². The Kier molecular flexibility index (Phi) is 4.11. The second kappa shape index (κ2) is 5.47. The first kappa shape index (κ1) is 14.3. The van der Waals surface area contributed by atoms with Crippen LogP contribution in [0.25, 0.3) is 0 Å². The normalized spacial score (nSPS) is 17.7. The van der Waals surface area contributed by atoms with Gasteiger partial charge < -0.3 is 15.3 Å². The van der Waals surface area contributed by atoms with E-state index < -0.39 is 0 Å². The summed E-state index contributed by atoms with van der Waals surface area (Å²) in [5, 5.41) is 13.0. The van der Waals surface area contributed by atoms with Crippen LogP contribution in [0.5, 0.6) is 0 Å². The molecule has 1 unspecified atom stereocenters. The van der Waals surface area contributed by atoms with E-state index in [1.54, 1.807) is 6.07 Å². The summed E-state index contributed by atoms with van der Waals surface area (Å²) in [6.07, 6.45) is 0.943. The Bertz CT molecular complexity index is 450. The highest BCUT2D eigenvalue weighted by Gasteiger charge is 2.30. The summed E-state index contributed by atoms with van der Waals surface area (Å²) >= 11 is 0. The van der Waals surface area contributed by atoms with Crippen molar-refractivity contribution < 1.29 is 9.50 Å². The summed E-state index contributed by atoms with van der Waals surface area (Å²) in [5.74, 6) is -0.201. The molecule has 1 atom stereocenters. The highest BCUT2D eigenvalue weighted by atomic mass is 19.1. The third kappa shape index (κ3) is 3.25. The lowest BCUT2D eigenvalue weighted by atomic mass is 10.0. The van der Waals surface area contributed by atoms with Gasteiger partial charge in [0.15, 0.2) is 0 Å². The second-order valence-corrected chi connectivity index (χ2v) is 5.96. The van der Waals surface area contributed by atoms with Gasteiger partial charge in [0.25, 0.3) is 0 Å². The van der Waals surface area contributed by atoms with Crippen LogP contribution in [-0.2, 0) is 6.42 Å². The SMILES string of the molecule is CC(C)NC(C)(CO)CN1CCc2ccc(F)cc21. The predicted molar refractivity (Wildman–Crippen MR) is 76.1 cm³/mol.